The lowest BCUT2D eigenvalue weighted by Gasteiger charge is -2.17. The number of amides is 1. The molecule has 0 unspecified atom stereocenters. The molecule has 21 heavy (non-hydrogen) atoms. The first-order valence-electron chi connectivity index (χ1n) is 7.11. The van der Waals surface area contributed by atoms with Gasteiger partial charge in [0.25, 0.3) is 11.5 Å². The highest BCUT2D eigenvalue weighted by Crippen LogP contribution is 2.01. The van der Waals surface area contributed by atoms with Gasteiger partial charge >= 0.3 is 0 Å². The minimum atomic E-state index is -0.220. The highest BCUT2D eigenvalue weighted by Gasteiger charge is 2.13. The number of aryl methyl sites for hydroxylation is 1. The third-order valence-electron chi connectivity index (χ3n) is 3.42. The summed E-state index contributed by atoms with van der Waals surface area (Å²) in [6.45, 7) is 5.16. The zero-order valence-electron chi connectivity index (χ0n) is 12.3. The Kier molecular flexibility index (Phi) is 4.92. The number of hydrogen-bond acceptors (Lipinski definition) is 3. The molecule has 6 heteroatoms. The van der Waals surface area contributed by atoms with Crippen LogP contribution < -0.4 is 10.9 Å². The van der Waals surface area contributed by atoms with E-state index >= 15 is 0 Å². The van der Waals surface area contributed by atoms with Crippen molar-refractivity contribution in [2.45, 2.75) is 39.4 Å². The van der Waals surface area contributed by atoms with Crippen LogP contribution in [0.1, 0.15) is 30.6 Å². The van der Waals surface area contributed by atoms with Crippen LogP contribution in [0.4, 0.5) is 0 Å². The molecule has 1 N–H and O–H groups in total. The average Bonchev–Trinajstić information content (AvgIpc) is 2.99. The number of carbonyl (C=O) groups excluding carboxylic acids is 1. The smallest absolute Gasteiger partial charge is 0.251 e. The van der Waals surface area contributed by atoms with Crippen molar-refractivity contribution in [2.24, 2.45) is 0 Å². The Hall–Kier alpha value is -2.37. The molecule has 0 spiro atoms. The van der Waals surface area contributed by atoms with Crippen molar-refractivity contribution in [1.29, 1.82) is 0 Å². The van der Waals surface area contributed by atoms with Crippen molar-refractivity contribution in [1.82, 2.24) is 19.4 Å². The van der Waals surface area contributed by atoms with E-state index in [9.17, 15) is 9.59 Å². The minimum Gasteiger partial charge on any atom is -0.348 e. The predicted molar refractivity (Wildman–Crippen MR) is 80.1 cm³/mol. The van der Waals surface area contributed by atoms with Gasteiger partial charge < -0.3 is 14.5 Å². The third-order valence-corrected chi connectivity index (χ3v) is 3.42. The molecule has 2 heterocycles. The maximum atomic E-state index is 12.2. The molecular formula is C15H20N4O2. The summed E-state index contributed by atoms with van der Waals surface area (Å²) < 4.78 is 3.48. The number of carbonyl (C=O) groups is 1. The lowest BCUT2D eigenvalue weighted by Crippen LogP contribution is -2.38. The summed E-state index contributed by atoms with van der Waals surface area (Å²) in [5.41, 5.74) is 0.238. The van der Waals surface area contributed by atoms with Crippen LogP contribution in [0.2, 0.25) is 0 Å². The normalized spacial score (nSPS) is 12.1. The van der Waals surface area contributed by atoms with Gasteiger partial charge in [-0.3, -0.25) is 9.59 Å². The maximum absolute atomic E-state index is 12.2. The van der Waals surface area contributed by atoms with Gasteiger partial charge in [0.2, 0.25) is 0 Å². The molecule has 0 radical (unpaired) electrons. The Morgan fingerprint density at radius 2 is 2.19 bits per heavy atom. The fraction of sp³-hybridized carbons (Fsp3) is 0.400. The van der Waals surface area contributed by atoms with Gasteiger partial charge in [0, 0.05) is 49.4 Å². The van der Waals surface area contributed by atoms with E-state index in [4.69, 9.17) is 0 Å². The van der Waals surface area contributed by atoms with Crippen LogP contribution in [-0.2, 0) is 13.1 Å². The van der Waals surface area contributed by atoms with E-state index in [-0.39, 0.29) is 17.5 Å². The lowest BCUT2D eigenvalue weighted by atomic mass is 10.2. The van der Waals surface area contributed by atoms with E-state index in [1.165, 1.54) is 6.07 Å². The molecule has 2 rings (SSSR count). The Labute approximate surface area is 123 Å². The molecule has 0 saturated heterocycles. The van der Waals surface area contributed by atoms with Gasteiger partial charge in [-0.2, -0.15) is 0 Å². The molecule has 0 bridgehead atoms. The van der Waals surface area contributed by atoms with Gasteiger partial charge in [-0.05, 0) is 19.4 Å². The topological polar surface area (TPSA) is 68.9 Å². The van der Waals surface area contributed by atoms with Crippen LogP contribution in [0.25, 0.3) is 0 Å². The number of pyridine rings is 1. The molecule has 0 aliphatic carbocycles. The van der Waals surface area contributed by atoms with E-state index in [0.717, 1.165) is 6.42 Å². The van der Waals surface area contributed by atoms with Gasteiger partial charge in [-0.15, -0.1) is 0 Å². The third kappa shape index (κ3) is 3.81. The highest BCUT2D eigenvalue weighted by molar-refractivity contribution is 5.94. The van der Waals surface area contributed by atoms with E-state index in [0.29, 0.717) is 18.7 Å². The van der Waals surface area contributed by atoms with Crippen LogP contribution in [0.3, 0.4) is 0 Å². The zero-order chi connectivity index (χ0) is 15.2. The summed E-state index contributed by atoms with van der Waals surface area (Å²) in [6, 6.07) is 3.05. The SMILES string of the molecule is CC[C@H](Cn1ccnc1)NC(=O)c1ccn(CC)c(=O)c1. The fourth-order valence-electron chi connectivity index (χ4n) is 2.11. The van der Waals surface area contributed by atoms with Crippen molar-refractivity contribution < 1.29 is 4.79 Å². The van der Waals surface area contributed by atoms with Gasteiger partial charge in [0.15, 0.2) is 0 Å². The van der Waals surface area contributed by atoms with Crippen molar-refractivity contribution in [3.63, 3.8) is 0 Å². The molecule has 0 aliphatic rings. The first kappa shape index (κ1) is 15.0. The number of aromatic nitrogens is 3. The van der Waals surface area contributed by atoms with Crippen LogP contribution in [0.5, 0.6) is 0 Å². The van der Waals surface area contributed by atoms with Crippen molar-refractivity contribution in [3.8, 4) is 0 Å². The molecule has 1 amide bonds. The second-order valence-corrected chi connectivity index (χ2v) is 4.88. The minimum absolute atomic E-state index is 0.000284. The Balaban J connectivity index is 2.05. The number of nitrogens with zero attached hydrogens (tertiary/aromatic N) is 3. The number of rotatable bonds is 6. The molecule has 0 saturated carbocycles. The molecule has 2 aromatic heterocycles. The highest BCUT2D eigenvalue weighted by atomic mass is 16.2. The van der Waals surface area contributed by atoms with E-state index in [1.54, 1.807) is 29.4 Å². The van der Waals surface area contributed by atoms with Crippen LogP contribution in [-0.4, -0.2) is 26.1 Å². The van der Waals surface area contributed by atoms with Crippen LogP contribution in [0.15, 0.2) is 41.8 Å². The van der Waals surface area contributed by atoms with Crippen molar-refractivity contribution in [3.05, 3.63) is 53.0 Å². The number of nitrogens with one attached hydrogen (secondary N) is 1. The summed E-state index contributed by atoms with van der Waals surface area (Å²) in [6.07, 6.45) is 7.73. The molecule has 0 fully saturated rings. The monoisotopic (exact) mass is 288 g/mol. The lowest BCUT2D eigenvalue weighted by molar-refractivity contribution is 0.0931. The standard InChI is InChI=1S/C15H20N4O2/c1-3-13(10-18-8-6-16-11-18)17-15(21)12-5-7-19(4-2)14(20)9-12/h5-9,11,13H,3-4,10H2,1-2H3,(H,17,21)/t13-/m1/s1. The van der Waals surface area contributed by atoms with E-state index in [1.807, 2.05) is 24.6 Å². The molecule has 0 aliphatic heterocycles. The first-order chi connectivity index (χ1) is 10.1. The second kappa shape index (κ2) is 6.88. The van der Waals surface area contributed by atoms with Crippen LogP contribution >= 0.6 is 0 Å². The largest absolute Gasteiger partial charge is 0.348 e. The zero-order valence-corrected chi connectivity index (χ0v) is 12.3. The Morgan fingerprint density at radius 1 is 1.38 bits per heavy atom. The van der Waals surface area contributed by atoms with Gasteiger partial charge in [-0.1, -0.05) is 6.92 Å². The predicted octanol–water partition coefficient (Wildman–Crippen LogP) is 1.27. The average molecular weight is 288 g/mol. The molecular weight excluding hydrogens is 268 g/mol. The first-order valence-corrected chi connectivity index (χ1v) is 7.11. The van der Waals surface area contributed by atoms with Gasteiger partial charge in [-0.25, -0.2) is 4.98 Å². The van der Waals surface area contributed by atoms with Gasteiger partial charge in [0.1, 0.15) is 0 Å². The Morgan fingerprint density at radius 3 is 2.76 bits per heavy atom. The summed E-state index contributed by atoms with van der Waals surface area (Å²) >= 11 is 0. The summed E-state index contributed by atoms with van der Waals surface area (Å²) in [4.78, 5) is 28.0. The van der Waals surface area contributed by atoms with E-state index in [2.05, 4.69) is 10.3 Å². The molecule has 6 nitrogen and oxygen atoms in total. The quantitative estimate of drug-likeness (QED) is 0.870. The second-order valence-electron chi connectivity index (χ2n) is 4.88. The molecule has 1 atom stereocenters. The van der Waals surface area contributed by atoms with Crippen molar-refractivity contribution in [2.75, 3.05) is 0 Å². The fourth-order valence-corrected chi connectivity index (χ4v) is 2.11. The summed E-state index contributed by atoms with van der Waals surface area (Å²) in [5, 5.41) is 2.95. The molecule has 2 aromatic rings. The summed E-state index contributed by atoms with van der Waals surface area (Å²) in [5.74, 6) is -0.220. The van der Waals surface area contributed by atoms with Gasteiger partial charge in [0.05, 0.1) is 6.33 Å². The Bertz CT molecular complexity index is 646. The molecule has 0 aromatic carbocycles. The molecule has 112 valence electrons. The maximum Gasteiger partial charge on any atom is 0.251 e. The number of imidazole rings is 1. The van der Waals surface area contributed by atoms with E-state index < -0.39 is 0 Å². The van der Waals surface area contributed by atoms with Crippen LogP contribution in [0, 0.1) is 0 Å². The van der Waals surface area contributed by atoms with Crippen molar-refractivity contribution >= 4 is 5.91 Å². The number of hydrogen-bond donors (Lipinski definition) is 1. The summed E-state index contributed by atoms with van der Waals surface area (Å²) in [7, 11) is 0.